The molecule has 184 valence electrons. The summed E-state index contributed by atoms with van der Waals surface area (Å²) in [5, 5.41) is 15.9. The van der Waals surface area contributed by atoms with E-state index in [1.54, 1.807) is 0 Å². The molecular formula is C40H24. The maximum Gasteiger partial charge on any atom is -0.00137 e. The first-order valence-electron chi connectivity index (χ1n) is 13.9. The van der Waals surface area contributed by atoms with Crippen molar-refractivity contribution in [3.63, 3.8) is 0 Å². The Morgan fingerprint density at radius 1 is 0.250 bits per heavy atom. The van der Waals surface area contributed by atoms with E-state index >= 15 is 0 Å². The third-order valence-electron chi connectivity index (χ3n) is 8.75. The number of benzene rings is 9. The molecule has 0 atom stereocenters. The van der Waals surface area contributed by atoms with Crippen LogP contribution < -0.4 is 0 Å². The molecular weight excluding hydrogens is 480 g/mol. The van der Waals surface area contributed by atoms with Crippen molar-refractivity contribution in [2.24, 2.45) is 0 Å². The fourth-order valence-electron chi connectivity index (χ4n) is 7.03. The van der Waals surface area contributed by atoms with Gasteiger partial charge in [-0.25, -0.2) is 0 Å². The Morgan fingerprint density at radius 3 is 1.57 bits per heavy atom. The van der Waals surface area contributed by atoms with Crippen molar-refractivity contribution in [1.82, 2.24) is 0 Å². The minimum atomic E-state index is 1.25. The number of hydrogen-bond acceptors (Lipinski definition) is 0. The number of hydrogen-bond donors (Lipinski definition) is 0. The lowest BCUT2D eigenvalue weighted by molar-refractivity contribution is 1.64. The summed E-state index contributed by atoms with van der Waals surface area (Å²) >= 11 is 0. The van der Waals surface area contributed by atoms with Crippen molar-refractivity contribution in [3.05, 3.63) is 146 Å². The van der Waals surface area contributed by atoms with Crippen LogP contribution in [0.2, 0.25) is 0 Å². The van der Waals surface area contributed by atoms with Gasteiger partial charge in [-0.2, -0.15) is 0 Å². The molecule has 0 spiro atoms. The molecule has 9 aromatic rings. The van der Waals surface area contributed by atoms with Crippen molar-refractivity contribution in [3.8, 4) is 22.3 Å². The third-order valence-corrected chi connectivity index (χ3v) is 8.75. The zero-order valence-electron chi connectivity index (χ0n) is 21.9. The summed E-state index contributed by atoms with van der Waals surface area (Å²) in [4.78, 5) is 0. The van der Waals surface area contributed by atoms with E-state index in [-0.39, 0.29) is 0 Å². The summed E-state index contributed by atoms with van der Waals surface area (Å²) < 4.78 is 0. The van der Waals surface area contributed by atoms with Crippen molar-refractivity contribution in [2.75, 3.05) is 0 Å². The molecule has 0 aliphatic heterocycles. The summed E-state index contributed by atoms with van der Waals surface area (Å²) in [6.45, 7) is 0. The molecule has 0 nitrogen and oxygen atoms in total. The molecule has 0 heteroatoms. The lowest BCUT2D eigenvalue weighted by atomic mass is 9.83. The molecule has 0 saturated heterocycles. The van der Waals surface area contributed by atoms with Crippen LogP contribution in [0.4, 0.5) is 0 Å². The highest BCUT2D eigenvalue weighted by Gasteiger charge is 2.19. The second-order valence-corrected chi connectivity index (χ2v) is 10.9. The SMILES string of the molecule is c1ccc(-c2ccc3cc(-c4c5ccccc5c5c6cccc7cccc(c8cccc4c85)c76)ccc3c2)cc1. The van der Waals surface area contributed by atoms with Gasteiger partial charge in [0.1, 0.15) is 0 Å². The Hall–Kier alpha value is -5.20. The zero-order valence-corrected chi connectivity index (χ0v) is 21.9. The molecule has 0 N–H and O–H groups in total. The smallest absolute Gasteiger partial charge is 0.00137 e. The lowest BCUT2D eigenvalue weighted by Gasteiger charge is -2.20. The average molecular weight is 505 g/mol. The van der Waals surface area contributed by atoms with Gasteiger partial charge in [0.25, 0.3) is 0 Å². The van der Waals surface area contributed by atoms with Crippen LogP contribution in [0, 0.1) is 0 Å². The van der Waals surface area contributed by atoms with Crippen LogP contribution in [0.1, 0.15) is 0 Å². The maximum atomic E-state index is 2.37. The van der Waals surface area contributed by atoms with Gasteiger partial charge in [-0.1, -0.05) is 133 Å². The van der Waals surface area contributed by atoms with Gasteiger partial charge in [-0.3, -0.25) is 0 Å². The molecule has 0 aromatic heterocycles. The van der Waals surface area contributed by atoms with E-state index in [0.717, 1.165) is 0 Å². The molecule has 0 aliphatic rings. The number of fused-ring (bicyclic) bond motifs is 5. The van der Waals surface area contributed by atoms with Gasteiger partial charge >= 0.3 is 0 Å². The van der Waals surface area contributed by atoms with Gasteiger partial charge in [-0.15, -0.1) is 0 Å². The maximum absolute atomic E-state index is 2.37. The Bertz CT molecular complexity index is 2410. The molecule has 0 unspecified atom stereocenters. The Morgan fingerprint density at radius 2 is 0.775 bits per heavy atom. The highest BCUT2D eigenvalue weighted by Crippen LogP contribution is 2.47. The summed E-state index contributed by atoms with van der Waals surface area (Å²) in [7, 11) is 0. The summed E-state index contributed by atoms with van der Waals surface area (Å²) in [5.74, 6) is 0. The van der Waals surface area contributed by atoms with Crippen LogP contribution in [0.5, 0.6) is 0 Å². The van der Waals surface area contributed by atoms with E-state index in [0.29, 0.717) is 0 Å². The van der Waals surface area contributed by atoms with Crippen LogP contribution in [-0.4, -0.2) is 0 Å². The Labute approximate surface area is 232 Å². The van der Waals surface area contributed by atoms with E-state index in [4.69, 9.17) is 0 Å². The molecule has 0 fully saturated rings. The minimum Gasteiger partial charge on any atom is -0.0622 e. The van der Waals surface area contributed by atoms with Crippen molar-refractivity contribution in [2.45, 2.75) is 0 Å². The minimum absolute atomic E-state index is 1.25. The molecule has 0 amide bonds. The largest absolute Gasteiger partial charge is 0.0622 e. The van der Waals surface area contributed by atoms with Gasteiger partial charge in [0, 0.05) is 0 Å². The Kier molecular flexibility index (Phi) is 4.42. The monoisotopic (exact) mass is 504 g/mol. The first-order valence-corrected chi connectivity index (χ1v) is 13.9. The van der Waals surface area contributed by atoms with Crippen LogP contribution in [-0.2, 0) is 0 Å². The standard InChI is InChI=1S/C40H24/c1-2-9-25(10-3-1)27-19-20-29-24-30(22-21-28(29)23-27)38-31-13-4-5-14-33(31)39-35-17-7-12-26-11-6-15-32(37(26)35)34-16-8-18-36(38)40(34)39/h1-24H. The van der Waals surface area contributed by atoms with Crippen LogP contribution >= 0.6 is 0 Å². The first kappa shape index (κ1) is 21.7. The van der Waals surface area contributed by atoms with Gasteiger partial charge < -0.3 is 0 Å². The molecule has 0 radical (unpaired) electrons. The third kappa shape index (κ3) is 2.96. The fourth-order valence-corrected chi connectivity index (χ4v) is 7.03. The van der Waals surface area contributed by atoms with Gasteiger partial charge in [0.15, 0.2) is 0 Å². The van der Waals surface area contributed by atoms with E-state index in [2.05, 4.69) is 146 Å². The normalized spacial score (nSPS) is 12.0. The molecule has 40 heavy (non-hydrogen) atoms. The van der Waals surface area contributed by atoms with E-state index < -0.39 is 0 Å². The van der Waals surface area contributed by atoms with Crippen molar-refractivity contribution >= 4 is 64.6 Å². The summed E-state index contributed by atoms with van der Waals surface area (Å²) in [5.41, 5.74) is 5.08. The highest BCUT2D eigenvalue weighted by atomic mass is 14.2. The van der Waals surface area contributed by atoms with Crippen molar-refractivity contribution < 1.29 is 0 Å². The molecule has 0 saturated carbocycles. The summed E-state index contributed by atoms with van der Waals surface area (Å²) in [6, 6.07) is 53.7. The quantitative estimate of drug-likeness (QED) is 0.162. The van der Waals surface area contributed by atoms with Crippen LogP contribution in [0.15, 0.2) is 146 Å². The second-order valence-electron chi connectivity index (χ2n) is 10.9. The molecule has 0 heterocycles. The Balaban J connectivity index is 1.40. The summed E-state index contributed by atoms with van der Waals surface area (Å²) in [6.07, 6.45) is 0. The van der Waals surface area contributed by atoms with Crippen LogP contribution in [0.3, 0.4) is 0 Å². The van der Waals surface area contributed by atoms with E-state index in [1.165, 1.54) is 86.9 Å². The van der Waals surface area contributed by atoms with Crippen LogP contribution in [0.25, 0.3) is 86.9 Å². The predicted molar refractivity (Wildman–Crippen MR) is 174 cm³/mol. The molecule has 9 rings (SSSR count). The lowest BCUT2D eigenvalue weighted by Crippen LogP contribution is -1.92. The first-order chi connectivity index (χ1) is 19.8. The zero-order chi connectivity index (χ0) is 26.2. The molecule has 9 aromatic carbocycles. The van der Waals surface area contributed by atoms with Gasteiger partial charge in [-0.05, 0) is 99.0 Å². The van der Waals surface area contributed by atoms with Gasteiger partial charge in [0.05, 0.1) is 0 Å². The van der Waals surface area contributed by atoms with Gasteiger partial charge in [0.2, 0.25) is 0 Å². The predicted octanol–water partition coefficient (Wildman–Crippen LogP) is 11.4. The highest BCUT2D eigenvalue weighted by molar-refractivity contribution is 6.40. The fraction of sp³-hybridized carbons (Fsp3) is 0. The van der Waals surface area contributed by atoms with E-state index in [9.17, 15) is 0 Å². The second kappa shape index (κ2) is 8.15. The topological polar surface area (TPSA) is 0 Å². The van der Waals surface area contributed by atoms with Crippen molar-refractivity contribution in [1.29, 1.82) is 0 Å². The average Bonchev–Trinajstić information content (AvgIpc) is 3.02. The van der Waals surface area contributed by atoms with E-state index in [1.807, 2.05) is 0 Å². The number of rotatable bonds is 2. The molecule has 0 bridgehead atoms. The molecule has 0 aliphatic carbocycles.